The van der Waals surface area contributed by atoms with Crippen molar-refractivity contribution in [3.05, 3.63) is 82.4 Å². The maximum Gasteiger partial charge on any atom is 0.267 e. The van der Waals surface area contributed by atoms with Crippen LogP contribution in [0, 0.1) is 20.8 Å². The molecule has 0 radical (unpaired) electrons. The van der Waals surface area contributed by atoms with Crippen molar-refractivity contribution in [3.8, 4) is 5.75 Å². The van der Waals surface area contributed by atoms with Gasteiger partial charge in [0.2, 0.25) is 0 Å². The van der Waals surface area contributed by atoms with Gasteiger partial charge in [0, 0.05) is 10.7 Å². The van der Waals surface area contributed by atoms with Gasteiger partial charge in [0.15, 0.2) is 6.10 Å². The fraction of sp³-hybridized carbons (Fsp3) is 0.208. The summed E-state index contributed by atoms with van der Waals surface area (Å²) in [6.07, 6.45) is -1.04. The highest BCUT2D eigenvalue weighted by atomic mass is 35.5. The van der Waals surface area contributed by atoms with E-state index in [2.05, 4.69) is 5.32 Å². The Morgan fingerprint density at radius 2 is 1.69 bits per heavy atom. The lowest BCUT2D eigenvalue weighted by molar-refractivity contribution is -0.122. The molecule has 1 amide bonds. The van der Waals surface area contributed by atoms with E-state index >= 15 is 0 Å². The molecule has 0 spiro atoms. The fourth-order valence-corrected chi connectivity index (χ4v) is 5.23. The molecule has 6 nitrogen and oxygen atoms in total. The Morgan fingerprint density at radius 1 is 1.00 bits per heavy atom. The number of hydrogen-bond donors (Lipinski definition) is 1. The monoisotopic (exact) mass is 470 g/mol. The highest BCUT2D eigenvalue weighted by Gasteiger charge is 2.38. The lowest BCUT2D eigenvalue weighted by atomic mass is 10.1. The maximum absolute atomic E-state index is 13.5. The van der Waals surface area contributed by atoms with Crippen LogP contribution >= 0.6 is 11.6 Å². The number of amides is 1. The summed E-state index contributed by atoms with van der Waals surface area (Å²) in [5.41, 5.74) is 3.88. The van der Waals surface area contributed by atoms with Gasteiger partial charge in [-0.05, 0) is 62.7 Å². The van der Waals surface area contributed by atoms with Gasteiger partial charge in [0.05, 0.1) is 17.1 Å². The molecule has 1 atom stereocenters. The first-order chi connectivity index (χ1) is 15.1. The zero-order valence-corrected chi connectivity index (χ0v) is 19.5. The van der Waals surface area contributed by atoms with Crippen LogP contribution in [0.5, 0.6) is 5.75 Å². The predicted octanol–water partition coefficient (Wildman–Crippen LogP) is 4.86. The minimum absolute atomic E-state index is 0.129. The first-order valence-electron chi connectivity index (χ1n) is 10.1. The van der Waals surface area contributed by atoms with Gasteiger partial charge < -0.3 is 10.1 Å². The van der Waals surface area contributed by atoms with E-state index in [4.69, 9.17) is 16.3 Å². The van der Waals surface area contributed by atoms with Gasteiger partial charge in [-0.25, -0.2) is 8.42 Å². The third-order valence-electron chi connectivity index (χ3n) is 5.33. The Labute approximate surface area is 192 Å². The van der Waals surface area contributed by atoms with Crippen LogP contribution in [-0.2, 0) is 14.8 Å². The summed E-state index contributed by atoms with van der Waals surface area (Å²) in [5, 5.41) is 3.23. The lowest BCUT2D eigenvalue weighted by Crippen LogP contribution is -2.48. The van der Waals surface area contributed by atoms with E-state index in [1.54, 1.807) is 36.4 Å². The molecule has 0 saturated carbocycles. The number of ether oxygens (including phenoxy) is 1. The zero-order valence-electron chi connectivity index (χ0n) is 17.9. The van der Waals surface area contributed by atoms with Crippen LogP contribution in [0.25, 0.3) is 0 Å². The molecule has 32 heavy (non-hydrogen) atoms. The second kappa shape index (κ2) is 8.48. The van der Waals surface area contributed by atoms with Crippen molar-refractivity contribution < 1.29 is 17.9 Å². The molecule has 3 aromatic rings. The van der Waals surface area contributed by atoms with Crippen LogP contribution in [-0.4, -0.2) is 27.0 Å². The molecule has 0 saturated heterocycles. The second-order valence-corrected chi connectivity index (χ2v) is 10.2. The van der Waals surface area contributed by atoms with Gasteiger partial charge in [-0.2, -0.15) is 0 Å². The maximum atomic E-state index is 13.5. The predicted molar refractivity (Wildman–Crippen MR) is 126 cm³/mol. The first-order valence-corrected chi connectivity index (χ1v) is 11.9. The zero-order chi connectivity index (χ0) is 23.0. The third kappa shape index (κ3) is 4.31. The van der Waals surface area contributed by atoms with Gasteiger partial charge in [-0.15, -0.1) is 0 Å². The number of carbonyl (C=O) groups excluding carboxylic acids is 1. The molecule has 0 bridgehead atoms. The number of anilines is 2. The quantitative estimate of drug-likeness (QED) is 0.590. The summed E-state index contributed by atoms with van der Waals surface area (Å²) in [6, 6.07) is 16.9. The Kier molecular flexibility index (Phi) is 5.88. The van der Waals surface area contributed by atoms with E-state index in [0.717, 1.165) is 16.7 Å². The van der Waals surface area contributed by atoms with E-state index in [1.807, 2.05) is 39.0 Å². The molecule has 0 fully saturated rings. The molecule has 1 heterocycles. The van der Waals surface area contributed by atoms with E-state index in [9.17, 15) is 13.2 Å². The third-order valence-corrected chi connectivity index (χ3v) is 7.36. The van der Waals surface area contributed by atoms with Crippen molar-refractivity contribution >= 4 is 38.9 Å². The van der Waals surface area contributed by atoms with Crippen molar-refractivity contribution in [2.24, 2.45) is 0 Å². The molecule has 8 heteroatoms. The number of fused-ring (bicyclic) bond motifs is 1. The second-order valence-electron chi connectivity index (χ2n) is 7.88. The van der Waals surface area contributed by atoms with E-state index in [0.29, 0.717) is 16.4 Å². The number of sulfonamides is 1. The van der Waals surface area contributed by atoms with Crippen LogP contribution in [0.1, 0.15) is 16.7 Å². The molecule has 166 valence electrons. The molecule has 1 aliphatic rings. The SMILES string of the molecule is Cc1ccc(S(=O)(=O)N2C[C@H](C(=O)Nc3ccc(C)cc3C)Oc3ccc(Cl)cc32)cc1. The van der Waals surface area contributed by atoms with E-state index < -0.39 is 22.0 Å². The van der Waals surface area contributed by atoms with Crippen LogP contribution in [0.15, 0.2) is 65.6 Å². The minimum Gasteiger partial charge on any atom is -0.476 e. The van der Waals surface area contributed by atoms with Crippen LogP contribution < -0.4 is 14.4 Å². The Balaban J connectivity index is 1.69. The number of rotatable bonds is 4. The molecule has 3 aromatic carbocycles. The molecular weight excluding hydrogens is 448 g/mol. The largest absolute Gasteiger partial charge is 0.476 e. The number of halogens is 1. The lowest BCUT2D eigenvalue weighted by Gasteiger charge is -2.35. The summed E-state index contributed by atoms with van der Waals surface area (Å²) in [4.78, 5) is 13.2. The summed E-state index contributed by atoms with van der Waals surface area (Å²) in [6.45, 7) is 5.57. The van der Waals surface area contributed by atoms with Crippen LogP contribution in [0.3, 0.4) is 0 Å². The van der Waals surface area contributed by atoms with Crippen LogP contribution in [0.4, 0.5) is 11.4 Å². The molecule has 1 aliphatic heterocycles. The Bertz CT molecular complexity index is 1290. The van der Waals surface area contributed by atoms with Gasteiger partial charge in [0.1, 0.15) is 5.75 Å². The van der Waals surface area contributed by atoms with Gasteiger partial charge in [0.25, 0.3) is 15.9 Å². The Morgan fingerprint density at radius 3 is 2.38 bits per heavy atom. The molecular formula is C24H23ClN2O4S. The topological polar surface area (TPSA) is 75.7 Å². The van der Waals surface area contributed by atoms with Crippen molar-refractivity contribution in [2.45, 2.75) is 31.8 Å². The Hall–Kier alpha value is -3.03. The number of benzene rings is 3. The minimum atomic E-state index is -3.95. The van der Waals surface area contributed by atoms with Gasteiger partial charge in [-0.1, -0.05) is 47.0 Å². The first kappa shape index (κ1) is 22.2. The van der Waals surface area contributed by atoms with Crippen molar-refractivity contribution in [3.63, 3.8) is 0 Å². The summed E-state index contributed by atoms with van der Waals surface area (Å²) in [5.74, 6) is -0.154. The highest BCUT2D eigenvalue weighted by Crippen LogP contribution is 2.39. The highest BCUT2D eigenvalue weighted by molar-refractivity contribution is 7.92. The van der Waals surface area contributed by atoms with E-state index in [1.165, 1.54) is 10.4 Å². The van der Waals surface area contributed by atoms with Crippen molar-refractivity contribution in [1.29, 1.82) is 0 Å². The van der Waals surface area contributed by atoms with Gasteiger partial charge >= 0.3 is 0 Å². The summed E-state index contributed by atoms with van der Waals surface area (Å²) >= 11 is 6.14. The number of nitrogens with zero attached hydrogens (tertiary/aromatic N) is 1. The molecule has 4 rings (SSSR count). The molecule has 0 aromatic heterocycles. The normalized spacial score (nSPS) is 15.6. The average molecular weight is 471 g/mol. The number of hydrogen-bond acceptors (Lipinski definition) is 4. The standard InChI is InChI=1S/C24H23ClN2O4S/c1-15-4-8-19(9-5-15)32(29,30)27-14-23(31-22-11-7-18(25)13-21(22)27)24(28)26-20-10-6-16(2)12-17(20)3/h4-13,23H,14H2,1-3H3,(H,26,28)/t23-/m1/s1. The van der Waals surface area contributed by atoms with E-state index in [-0.39, 0.29) is 17.2 Å². The molecule has 1 N–H and O–H groups in total. The fourth-order valence-electron chi connectivity index (χ4n) is 3.59. The smallest absolute Gasteiger partial charge is 0.267 e. The van der Waals surface area contributed by atoms with Crippen LogP contribution in [0.2, 0.25) is 5.02 Å². The summed E-state index contributed by atoms with van der Waals surface area (Å²) in [7, 11) is -3.95. The molecule has 0 unspecified atom stereocenters. The summed E-state index contributed by atoms with van der Waals surface area (Å²) < 4.78 is 34.0. The van der Waals surface area contributed by atoms with Crippen molar-refractivity contribution in [2.75, 3.05) is 16.2 Å². The molecule has 0 aliphatic carbocycles. The van der Waals surface area contributed by atoms with Gasteiger partial charge in [-0.3, -0.25) is 9.10 Å². The average Bonchev–Trinajstić information content (AvgIpc) is 2.75. The number of aryl methyl sites for hydroxylation is 3. The number of carbonyl (C=O) groups is 1. The van der Waals surface area contributed by atoms with Crippen molar-refractivity contribution in [1.82, 2.24) is 0 Å². The number of nitrogens with one attached hydrogen (secondary N) is 1.